The van der Waals surface area contributed by atoms with Crippen LogP contribution in [-0.2, 0) is 4.74 Å². The lowest BCUT2D eigenvalue weighted by molar-refractivity contribution is 0.0593. The van der Waals surface area contributed by atoms with E-state index in [2.05, 4.69) is 32.6 Å². The third kappa shape index (κ3) is 5.36. The van der Waals surface area contributed by atoms with Crippen LogP contribution in [0.4, 0.5) is 0 Å². The number of hydrogen-bond acceptors (Lipinski definition) is 3. The molecule has 0 radical (unpaired) electrons. The summed E-state index contributed by atoms with van der Waals surface area (Å²) in [4.78, 5) is 2.57. The summed E-state index contributed by atoms with van der Waals surface area (Å²) in [5.41, 5.74) is 5.99. The number of nitrogens with two attached hydrogens (primary N) is 1. The number of hydrogen-bond donors (Lipinski definition) is 1. The summed E-state index contributed by atoms with van der Waals surface area (Å²) >= 11 is 0. The molecule has 0 amide bonds. The van der Waals surface area contributed by atoms with E-state index in [1.807, 2.05) is 0 Å². The molecule has 0 aromatic rings. The van der Waals surface area contributed by atoms with Crippen LogP contribution in [0.2, 0.25) is 0 Å². The Hall–Kier alpha value is -0.120. The van der Waals surface area contributed by atoms with Gasteiger partial charge in [0.05, 0.1) is 6.61 Å². The lowest BCUT2D eigenvalue weighted by Crippen LogP contribution is -2.51. The topological polar surface area (TPSA) is 38.5 Å². The quantitative estimate of drug-likeness (QED) is 0.642. The fourth-order valence-corrected chi connectivity index (χ4v) is 2.54. The van der Waals surface area contributed by atoms with Gasteiger partial charge in [0.15, 0.2) is 0 Å². The Kier molecular flexibility index (Phi) is 9.79. The van der Waals surface area contributed by atoms with Crippen molar-refractivity contribution in [1.29, 1.82) is 0 Å². The maximum atomic E-state index is 5.99. The molecule has 0 aliphatic rings. The Morgan fingerprint density at radius 1 is 1.12 bits per heavy atom. The van der Waals surface area contributed by atoms with Crippen molar-refractivity contribution in [1.82, 2.24) is 4.90 Å². The second-order valence-electron chi connectivity index (χ2n) is 4.89. The smallest absolute Gasteiger partial charge is 0.0589 e. The highest BCUT2D eigenvalue weighted by atomic mass is 16.5. The predicted octanol–water partition coefficient (Wildman–Crippen LogP) is 2.50. The molecule has 2 N–H and O–H groups in total. The van der Waals surface area contributed by atoms with Gasteiger partial charge in [-0.15, -0.1) is 0 Å². The monoisotopic (exact) mass is 244 g/mol. The van der Waals surface area contributed by atoms with Crippen LogP contribution < -0.4 is 5.73 Å². The summed E-state index contributed by atoms with van der Waals surface area (Å²) in [6.45, 7) is 11.6. The Labute approximate surface area is 108 Å². The molecule has 0 rings (SSSR count). The minimum atomic E-state index is 0.486. The van der Waals surface area contributed by atoms with Crippen molar-refractivity contribution >= 4 is 0 Å². The van der Waals surface area contributed by atoms with Crippen molar-refractivity contribution in [2.24, 2.45) is 11.7 Å². The van der Waals surface area contributed by atoms with Gasteiger partial charge in [0.2, 0.25) is 0 Å². The molecule has 2 unspecified atom stereocenters. The van der Waals surface area contributed by atoms with Crippen molar-refractivity contribution in [3.05, 3.63) is 0 Å². The molecule has 104 valence electrons. The van der Waals surface area contributed by atoms with Gasteiger partial charge >= 0.3 is 0 Å². The molecule has 0 aromatic carbocycles. The fraction of sp³-hybridized carbons (Fsp3) is 1.00. The number of methoxy groups -OCH3 is 1. The van der Waals surface area contributed by atoms with E-state index >= 15 is 0 Å². The highest BCUT2D eigenvalue weighted by Gasteiger charge is 2.26. The van der Waals surface area contributed by atoms with Gasteiger partial charge in [-0.05, 0) is 18.8 Å². The predicted molar refractivity (Wildman–Crippen MR) is 75.2 cm³/mol. The van der Waals surface area contributed by atoms with E-state index in [1.54, 1.807) is 7.11 Å². The standard InChI is InChI=1S/C14H32N2O/c1-6-12(4)14(11-15)16(9-10-17-5)13(7-2)8-3/h12-14H,6-11,15H2,1-5H3. The first kappa shape index (κ1) is 16.9. The third-order valence-electron chi connectivity index (χ3n) is 3.93. The van der Waals surface area contributed by atoms with E-state index in [0.717, 1.165) is 19.7 Å². The van der Waals surface area contributed by atoms with Gasteiger partial charge in [-0.1, -0.05) is 34.1 Å². The van der Waals surface area contributed by atoms with Crippen LogP contribution >= 0.6 is 0 Å². The van der Waals surface area contributed by atoms with Crippen LogP contribution in [0.5, 0.6) is 0 Å². The Bertz CT molecular complexity index is 172. The second kappa shape index (κ2) is 9.86. The molecule has 3 nitrogen and oxygen atoms in total. The lowest BCUT2D eigenvalue weighted by Gasteiger charge is -2.39. The average Bonchev–Trinajstić information content (AvgIpc) is 2.36. The number of rotatable bonds is 10. The molecule has 0 aliphatic carbocycles. The molecule has 0 aromatic heterocycles. The van der Waals surface area contributed by atoms with Crippen LogP contribution in [0.1, 0.15) is 47.0 Å². The normalized spacial score (nSPS) is 15.5. The van der Waals surface area contributed by atoms with E-state index in [-0.39, 0.29) is 0 Å². The first-order chi connectivity index (χ1) is 8.15. The minimum absolute atomic E-state index is 0.486. The minimum Gasteiger partial charge on any atom is -0.383 e. The van der Waals surface area contributed by atoms with Crippen molar-refractivity contribution < 1.29 is 4.74 Å². The maximum Gasteiger partial charge on any atom is 0.0589 e. The van der Waals surface area contributed by atoms with Gasteiger partial charge in [0.1, 0.15) is 0 Å². The van der Waals surface area contributed by atoms with E-state index in [1.165, 1.54) is 19.3 Å². The van der Waals surface area contributed by atoms with E-state index in [0.29, 0.717) is 18.0 Å². The van der Waals surface area contributed by atoms with Crippen LogP contribution in [0.3, 0.4) is 0 Å². The van der Waals surface area contributed by atoms with Crippen LogP contribution in [0.25, 0.3) is 0 Å². The van der Waals surface area contributed by atoms with E-state index < -0.39 is 0 Å². The first-order valence-electron chi connectivity index (χ1n) is 7.10. The van der Waals surface area contributed by atoms with E-state index in [9.17, 15) is 0 Å². The number of ether oxygens (including phenoxy) is 1. The molecule has 0 heterocycles. The van der Waals surface area contributed by atoms with Gasteiger partial charge in [0, 0.05) is 32.3 Å². The zero-order chi connectivity index (χ0) is 13.3. The SMILES string of the molecule is CCC(C)C(CN)N(CCOC)C(CC)CC. The Morgan fingerprint density at radius 3 is 2.06 bits per heavy atom. The average molecular weight is 244 g/mol. The fourth-order valence-electron chi connectivity index (χ4n) is 2.54. The van der Waals surface area contributed by atoms with Crippen molar-refractivity contribution in [3.8, 4) is 0 Å². The van der Waals surface area contributed by atoms with Gasteiger partial charge in [0.25, 0.3) is 0 Å². The van der Waals surface area contributed by atoms with Gasteiger partial charge in [-0.3, -0.25) is 4.90 Å². The molecule has 17 heavy (non-hydrogen) atoms. The molecule has 0 saturated carbocycles. The molecule has 2 atom stereocenters. The zero-order valence-corrected chi connectivity index (χ0v) is 12.4. The Morgan fingerprint density at radius 2 is 1.71 bits per heavy atom. The van der Waals surface area contributed by atoms with Crippen LogP contribution in [0, 0.1) is 5.92 Å². The van der Waals surface area contributed by atoms with E-state index in [4.69, 9.17) is 10.5 Å². The summed E-state index contributed by atoms with van der Waals surface area (Å²) < 4.78 is 5.24. The largest absolute Gasteiger partial charge is 0.383 e. The number of nitrogens with zero attached hydrogens (tertiary/aromatic N) is 1. The lowest BCUT2D eigenvalue weighted by atomic mass is 9.95. The summed E-state index contributed by atoms with van der Waals surface area (Å²) in [6.07, 6.45) is 3.56. The molecule has 3 heteroatoms. The van der Waals surface area contributed by atoms with Crippen LogP contribution in [0.15, 0.2) is 0 Å². The van der Waals surface area contributed by atoms with Crippen LogP contribution in [-0.4, -0.2) is 43.8 Å². The molecule has 0 saturated heterocycles. The molecular weight excluding hydrogens is 212 g/mol. The third-order valence-corrected chi connectivity index (χ3v) is 3.93. The zero-order valence-electron chi connectivity index (χ0n) is 12.4. The highest BCUT2D eigenvalue weighted by Crippen LogP contribution is 2.19. The Balaban J connectivity index is 4.71. The molecule has 0 bridgehead atoms. The van der Waals surface area contributed by atoms with Gasteiger partial charge < -0.3 is 10.5 Å². The molecule has 0 spiro atoms. The summed E-state index contributed by atoms with van der Waals surface area (Å²) in [7, 11) is 1.77. The van der Waals surface area contributed by atoms with Gasteiger partial charge in [-0.2, -0.15) is 0 Å². The summed E-state index contributed by atoms with van der Waals surface area (Å²) in [5, 5.41) is 0. The second-order valence-corrected chi connectivity index (χ2v) is 4.89. The first-order valence-corrected chi connectivity index (χ1v) is 7.10. The summed E-state index contributed by atoms with van der Waals surface area (Å²) in [6, 6.07) is 1.12. The molecule has 0 aliphatic heterocycles. The van der Waals surface area contributed by atoms with Gasteiger partial charge in [-0.25, -0.2) is 0 Å². The van der Waals surface area contributed by atoms with Crippen molar-refractivity contribution in [2.45, 2.75) is 59.0 Å². The van der Waals surface area contributed by atoms with Crippen molar-refractivity contribution in [2.75, 3.05) is 26.8 Å². The summed E-state index contributed by atoms with van der Waals surface area (Å²) in [5.74, 6) is 0.650. The molecule has 0 fully saturated rings. The highest BCUT2D eigenvalue weighted by molar-refractivity contribution is 4.82. The maximum absolute atomic E-state index is 5.99. The molecular formula is C14H32N2O. The van der Waals surface area contributed by atoms with Crippen molar-refractivity contribution in [3.63, 3.8) is 0 Å².